The van der Waals surface area contributed by atoms with Gasteiger partial charge in [0.2, 0.25) is 5.91 Å². The number of rotatable bonds is 4. The van der Waals surface area contributed by atoms with E-state index in [0.29, 0.717) is 32.5 Å². The van der Waals surface area contributed by atoms with Crippen LogP contribution in [0.1, 0.15) is 54.0 Å². The number of amides is 1. The maximum Gasteiger partial charge on any atom is 0.417 e. The first-order valence-electron chi connectivity index (χ1n) is 10.7. The maximum absolute atomic E-state index is 13.7. The van der Waals surface area contributed by atoms with Gasteiger partial charge in [-0.05, 0) is 45.7 Å². The molecule has 0 N–H and O–H groups in total. The quantitative estimate of drug-likeness (QED) is 0.590. The fourth-order valence-electron chi connectivity index (χ4n) is 4.51. The van der Waals surface area contributed by atoms with E-state index in [1.54, 1.807) is 4.90 Å². The second-order valence-corrected chi connectivity index (χ2v) is 8.69. The molecule has 172 valence electrons. The van der Waals surface area contributed by atoms with Gasteiger partial charge in [-0.2, -0.15) is 18.3 Å². The van der Waals surface area contributed by atoms with Crippen LogP contribution in [0.2, 0.25) is 0 Å². The highest BCUT2D eigenvalue weighted by molar-refractivity contribution is 5.82. The molecule has 1 aliphatic rings. The van der Waals surface area contributed by atoms with E-state index in [9.17, 15) is 18.0 Å². The molecule has 10 heteroatoms. The Morgan fingerprint density at radius 3 is 2.66 bits per heavy atom. The van der Waals surface area contributed by atoms with Crippen LogP contribution in [0, 0.1) is 26.7 Å². The molecule has 0 spiro atoms. The van der Waals surface area contributed by atoms with Gasteiger partial charge in [-0.15, -0.1) is 0 Å². The number of aryl methyl sites for hydroxylation is 3. The minimum Gasteiger partial charge on any atom is -0.342 e. The number of carbonyl (C=O) groups is 1. The highest BCUT2D eigenvalue weighted by atomic mass is 19.4. The summed E-state index contributed by atoms with van der Waals surface area (Å²) < 4.78 is 48.1. The Kier molecular flexibility index (Phi) is 5.72. The molecule has 3 aromatic heterocycles. The van der Waals surface area contributed by atoms with E-state index in [-0.39, 0.29) is 40.2 Å². The average molecular weight is 449 g/mol. The normalized spacial score (nSPS) is 18.3. The van der Waals surface area contributed by atoms with Crippen molar-refractivity contribution in [1.82, 2.24) is 24.8 Å². The van der Waals surface area contributed by atoms with Crippen molar-refractivity contribution in [3.05, 3.63) is 40.5 Å². The molecule has 2 atom stereocenters. The molecular weight excluding hydrogens is 423 g/mol. The lowest BCUT2D eigenvalue weighted by Crippen LogP contribution is -2.42. The second-order valence-electron chi connectivity index (χ2n) is 8.69. The van der Waals surface area contributed by atoms with E-state index in [1.165, 1.54) is 6.92 Å². The molecule has 0 radical (unpaired) electrons. The number of hydrogen-bond acceptors (Lipinski definition) is 5. The van der Waals surface area contributed by atoms with E-state index < -0.39 is 11.7 Å². The van der Waals surface area contributed by atoms with E-state index in [1.807, 2.05) is 31.5 Å². The van der Waals surface area contributed by atoms with Gasteiger partial charge in [0.15, 0.2) is 0 Å². The highest BCUT2D eigenvalue weighted by Gasteiger charge is 2.38. The third kappa shape index (κ3) is 4.22. The van der Waals surface area contributed by atoms with Crippen LogP contribution in [-0.2, 0) is 17.5 Å². The fourth-order valence-corrected chi connectivity index (χ4v) is 4.51. The maximum atomic E-state index is 13.7. The summed E-state index contributed by atoms with van der Waals surface area (Å²) >= 11 is 0. The molecule has 1 amide bonds. The predicted octanol–water partition coefficient (Wildman–Crippen LogP) is 4.41. The van der Waals surface area contributed by atoms with Crippen LogP contribution in [0.15, 0.2) is 16.7 Å². The van der Waals surface area contributed by atoms with Crippen LogP contribution in [0.25, 0.3) is 11.1 Å². The molecule has 0 saturated carbocycles. The smallest absolute Gasteiger partial charge is 0.342 e. The van der Waals surface area contributed by atoms with Crippen molar-refractivity contribution in [1.29, 1.82) is 0 Å². The number of alkyl halides is 3. The number of halogens is 3. The molecule has 0 bridgehead atoms. The zero-order chi connectivity index (χ0) is 23.2. The van der Waals surface area contributed by atoms with Crippen LogP contribution in [0.3, 0.4) is 0 Å². The van der Waals surface area contributed by atoms with Gasteiger partial charge in [0, 0.05) is 30.4 Å². The molecule has 0 unspecified atom stereocenters. The van der Waals surface area contributed by atoms with Crippen LogP contribution < -0.4 is 0 Å². The monoisotopic (exact) mass is 449 g/mol. The van der Waals surface area contributed by atoms with Crippen LogP contribution in [-0.4, -0.2) is 43.8 Å². The van der Waals surface area contributed by atoms with Gasteiger partial charge >= 0.3 is 6.18 Å². The van der Waals surface area contributed by atoms with Crippen molar-refractivity contribution < 1.29 is 22.5 Å². The summed E-state index contributed by atoms with van der Waals surface area (Å²) in [6.45, 7) is 8.50. The third-order valence-corrected chi connectivity index (χ3v) is 6.00. The SMILES string of the molecule is Cc1cc(C(F)(F)F)c2c([C@H]3CCCN(C(=O)[C@@H](C)Cn4nc(C)cc4C)C3)noc2n1. The zero-order valence-corrected chi connectivity index (χ0v) is 18.5. The Labute approximate surface area is 183 Å². The lowest BCUT2D eigenvalue weighted by Gasteiger charge is -2.33. The Morgan fingerprint density at radius 2 is 2.00 bits per heavy atom. The van der Waals surface area contributed by atoms with Crippen molar-refractivity contribution in [2.24, 2.45) is 5.92 Å². The first-order chi connectivity index (χ1) is 15.0. The minimum atomic E-state index is -4.55. The summed E-state index contributed by atoms with van der Waals surface area (Å²) in [4.78, 5) is 18.9. The summed E-state index contributed by atoms with van der Waals surface area (Å²) in [7, 11) is 0. The first kappa shape index (κ1) is 22.3. The summed E-state index contributed by atoms with van der Waals surface area (Å²) in [5.41, 5.74) is 1.40. The van der Waals surface area contributed by atoms with Crippen molar-refractivity contribution >= 4 is 17.0 Å². The van der Waals surface area contributed by atoms with Crippen LogP contribution >= 0.6 is 0 Å². The Morgan fingerprint density at radius 1 is 1.25 bits per heavy atom. The lowest BCUT2D eigenvalue weighted by atomic mass is 9.91. The molecule has 0 aromatic carbocycles. The average Bonchev–Trinajstić information content (AvgIpc) is 3.28. The summed E-state index contributed by atoms with van der Waals surface area (Å²) in [5.74, 6) is -0.698. The number of aromatic nitrogens is 4. The van der Waals surface area contributed by atoms with E-state index in [0.717, 1.165) is 17.5 Å². The largest absolute Gasteiger partial charge is 0.417 e. The molecular formula is C22H26F3N5O2. The number of nitrogens with zero attached hydrogens (tertiary/aromatic N) is 5. The molecule has 0 aliphatic carbocycles. The number of fused-ring (bicyclic) bond motifs is 1. The topological polar surface area (TPSA) is 77.0 Å². The highest BCUT2D eigenvalue weighted by Crippen LogP contribution is 2.40. The number of likely N-dealkylation sites (tertiary alicyclic amines) is 1. The summed E-state index contributed by atoms with van der Waals surface area (Å²) in [6, 6.07) is 2.98. The van der Waals surface area contributed by atoms with Crippen LogP contribution in [0.5, 0.6) is 0 Å². The summed E-state index contributed by atoms with van der Waals surface area (Å²) in [6.07, 6.45) is -3.24. The van der Waals surface area contributed by atoms with Gasteiger partial charge in [-0.25, -0.2) is 4.98 Å². The molecule has 1 aliphatic heterocycles. The molecule has 1 saturated heterocycles. The first-order valence-corrected chi connectivity index (χ1v) is 10.7. The molecule has 3 aromatic rings. The summed E-state index contributed by atoms with van der Waals surface area (Å²) in [5, 5.41) is 8.28. The third-order valence-electron chi connectivity index (χ3n) is 6.00. The number of hydrogen-bond donors (Lipinski definition) is 0. The number of pyridine rings is 1. The minimum absolute atomic E-state index is 0.0416. The van der Waals surface area contributed by atoms with E-state index in [2.05, 4.69) is 15.2 Å². The van der Waals surface area contributed by atoms with Crippen molar-refractivity contribution in [2.75, 3.05) is 13.1 Å². The van der Waals surface area contributed by atoms with Gasteiger partial charge in [0.05, 0.1) is 34.8 Å². The van der Waals surface area contributed by atoms with Gasteiger partial charge in [-0.1, -0.05) is 12.1 Å². The molecule has 4 rings (SSSR count). The van der Waals surface area contributed by atoms with Crippen molar-refractivity contribution in [3.8, 4) is 0 Å². The number of carbonyl (C=O) groups excluding carboxylic acids is 1. The Balaban J connectivity index is 1.57. The van der Waals surface area contributed by atoms with Gasteiger partial charge in [-0.3, -0.25) is 9.48 Å². The van der Waals surface area contributed by atoms with Gasteiger partial charge in [0.25, 0.3) is 5.71 Å². The van der Waals surface area contributed by atoms with Crippen LogP contribution in [0.4, 0.5) is 13.2 Å². The molecule has 4 heterocycles. The van der Waals surface area contributed by atoms with Gasteiger partial charge < -0.3 is 9.42 Å². The predicted molar refractivity (Wildman–Crippen MR) is 111 cm³/mol. The van der Waals surface area contributed by atoms with Gasteiger partial charge in [0.1, 0.15) is 0 Å². The van der Waals surface area contributed by atoms with E-state index in [4.69, 9.17) is 4.52 Å². The Bertz CT molecular complexity index is 1150. The zero-order valence-electron chi connectivity index (χ0n) is 18.5. The lowest BCUT2D eigenvalue weighted by molar-refractivity contribution is -0.137. The Hall–Kier alpha value is -2.91. The van der Waals surface area contributed by atoms with E-state index >= 15 is 0 Å². The molecule has 7 nitrogen and oxygen atoms in total. The molecule has 1 fully saturated rings. The standard InChI is InChI=1S/C22H26F3N5O2/c1-12(10-30-15(4)8-14(3)27-30)21(31)29-7-5-6-16(11-29)19-18-17(22(23,24)25)9-13(2)26-20(18)32-28-19/h8-9,12,16H,5-7,10-11H2,1-4H3/t12-,16-/m0/s1. The van der Waals surface area contributed by atoms with Crippen molar-refractivity contribution in [2.45, 2.75) is 59.2 Å². The second kappa shape index (κ2) is 8.22. The fraction of sp³-hybridized carbons (Fsp3) is 0.545. The van der Waals surface area contributed by atoms with Crippen molar-refractivity contribution in [3.63, 3.8) is 0 Å². The molecule has 32 heavy (non-hydrogen) atoms. The number of piperidine rings is 1.